The van der Waals surface area contributed by atoms with Crippen LogP contribution < -0.4 is 0 Å². The Hall–Kier alpha value is -1.47. The molecule has 18 heavy (non-hydrogen) atoms. The summed E-state index contributed by atoms with van der Waals surface area (Å²) in [6, 6.07) is 0. The number of hydrogen-bond acceptors (Lipinski definition) is 5. The van der Waals surface area contributed by atoms with Crippen molar-refractivity contribution in [3.8, 4) is 0 Å². The maximum atomic E-state index is 10.7. The number of methoxy groups -OCH3 is 1. The standard InChI is InChI=1S/C11H17N3O4/c1-18-5-9-8(4-10(16)17)12-13-14(9)6-11(7-15)2-3-11/h15H,2-7H2,1H3,(H,16,17). The fourth-order valence-electron chi connectivity index (χ4n) is 1.93. The van der Waals surface area contributed by atoms with Gasteiger partial charge in [0.05, 0.1) is 37.6 Å². The summed E-state index contributed by atoms with van der Waals surface area (Å²) in [5.41, 5.74) is 1.01. The number of ether oxygens (including phenoxy) is 1. The van der Waals surface area contributed by atoms with E-state index in [1.165, 1.54) is 0 Å². The predicted octanol–water partition coefficient (Wildman–Crippen LogP) is -0.176. The summed E-state index contributed by atoms with van der Waals surface area (Å²) in [4.78, 5) is 10.7. The highest BCUT2D eigenvalue weighted by molar-refractivity contribution is 5.69. The summed E-state index contributed by atoms with van der Waals surface area (Å²) >= 11 is 0. The highest BCUT2D eigenvalue weighted by Gasteiger charge is 2.43. The number of carboxylic acids is 1. The minimum Gasteiger partial charge on any atom is -0.481 e. The molecule has 100 valence electrons. The molecule has 0 atom stereocenters. The van der Waals surface area contributed by atoms with Gasteiger partial charge < -0.3 is 14.9 Å². The van der Waals surface area contributed by atoms with Gasteiger partial charge in [-0.3, -0.25) is 4.79 Å². The number of carboxylic acid groups (broad SMARTS) is 1. The van der Waals surface area contributed by atoms with Gasteiger partial charge in [0.15, 0.2) is 0 Å². The van der Waals surface area contributed by atoms with Gasteiger partial charge in [-0.15, -0.1) is 5.10 Å². The molecule has 1 saturated carbocycles. The number of aliphatic carboxylic acids is 1. The molecule has 2 N–H and O–H groups in total. The molecule has 7 nitrogen and oxygen atoms in total. The van der Waals surface area contributed by atoms with Crippen molar-refractivity contribution >= 4 is 5.97 Å². The summed E-state index contributed by atoms with van der Waals surface area (Å²) in [6.07, 6.45) is 1.76. The second-order valence-corrected chi connectivity index (χ2v) is 4.80. The Balaban J connectivity index is 2.18. The summed E-state index contributed by atoms with van der Waals surface area (Å²) in [5, 5.41) is 26.0. The fraction of sp³-hybridized carbons (Fsp3) is 0.727. The molecule has 1 aromatic rings. The second kappa shape index (κ2) is 5.03. The van der Waals surface area contributed by atoms with Crippen LogP contribution in [-0.4, -0.2) is 44.9 Å². The third-order valence-corrected chi connectivity index (χ3v) is 3.30. The van der Waals surface area contributed by atoms with E-state index >= 15 is 0 Å². The van der Waals surface area contributed by atoms with Crippen LogP contribution in [0.2, 0.25) is 0 Å². The average molecular weight is 255 g/mol. The smallest absolute Gasteiger partial charge is 0.309 e. The molecule has 2 rings (SSSR count). The van der Waals surface area contributed by atoms with Gasteiger partial charge in [-0.25, -0.2) is 4.68 Å². The molecule has 0 radical (unpaired) electrons. The Morgan fingerprint density at radius 3 is 2.78 bits per heavy atom. The zero-order valence-corrected chi connectivity index (χ0v) is 10.3. The van der Waals surface area contributed by atoms with Crippen molar-refractivity contribution in [2.24, 2.45) is 5.41 Å². The highest BCUT2D eigenvalue weighted by Crippen LogP contribution is 2.46. The van der Waals surface area contributed by atoms with E-state index < -0.39 is 5.97 Å². The molecule has 1 fully saturated rings. The highest BCUT2D eigenvalue weighted by atomic mass is 16.5. The van der Waals surface area contributed by atoms with Crippen molar-refractivity contribution in [2.75, 3.05) is 13.7 Å². The van der Waals surface area contributed by atoms with Gasteiger partial charge in [-0.05, 0) is 12.8 Å². The molecule has 0 unspecified atom stereocenters. The van der Waals surface area contributed by atoms with Gasteiger partial charge in [0.1, 0.15) is 0 Å². The lowest BCUT2D eigenvalue weighted by molar-refractivity contribution is -0.136. The van der Waals surface area contributed by atoms with E-state index in [9.17, 15) is 9.90 Å². The molecule has 7 heteroatoms. The van der Waals surface area contributed by atoms with E-state index in [0.29, 0.717) is 17.9 Å². The van der Waals surface area contributed by atoms with Crippen LogP contribution in [0.3, 0.4) is 0 Å². The molecule has 0 saturated heterocycles. The Kier molecular flexibility index (Phi) is 3.63. The van der Waals surface area contributed by atoms with Crippen LogP contribution in [0.25, 0.3) is 0 Å². The van der Waals surface area contributed by atoms with E-state index in [0.717, 1.165) is 12.8 Å². The molecule has 0 amide bonds. The summed E-state index contributed by atoms with van der Waals surface area (Å²) in [5.74, 6) is -0.942. The Morgan fingerprint density at radius 2 is 2.28 bits per heavy atom. The van der Waals surface area contributed by atoms with E-state index in [1.54, 1.807) is 11.8 Å². The van der Waals surface area contributed by atoms with Gasteiger partial charge in [0.2, 0.25) is 0 Å². The van der Waals surface area contributed by atoms with Crippen LogP contribution >= 0.6 is 0 Å². The third kappa shape index (κ3) is 2.68. The second-order valence-electron chi connectivity index (χ2n) is 4.80. The number of aliphatic hydroxyl groups excluding tert-OH is 1. The van der Waals surface area contributed by atoms with Crippen LogP contribution in [0.4, 0.5) is 0 Å². The number of carbonyl (C=O) groups is 1. The van der Waals surface area contributed by atoms with E-state index in [2.05, 4.69) is 10.3 Å². The topological polar surface area (TPSA) is 97.5 Å². The largest absolute Gasteiger partial charge is 0.481 e. The van der Waals surface area contributed by atoms with Gasteiger partial charge in [-0.2, -0.15) is 0 Å². The molecule has 0 aromatic carbocycles. The Morgan fingerprint density at radius 1 is 1.56 bits per heavy atom. The Bertz CT molecular complexity index is 439. The number of rotatable bonds is 7. The summed E-state index contributed by atoms with van der Waals surface area (Å²) in [6.45, 7) is 0.958. The molecule has 0 aliphatic heterocycles. The number of nitrogens with zero attached hydrogens (tertiary/aromatic N) is 3. The normalized spacial score (nSPS) is 16.8. The minimum atomic E-state index is -0.942. The molecule has 1 aliphatic rings. The molecule has 0 spiro atoms. The van der Waals surface area contributed by atoms with Crippen molar-refractivity contribution in [2.45, 2.75) is 32.4 Å². The quantitative estimate of drug-likeness (QED) is 0.701. The molecule has 0 bridgehead atoms. The van der Waals surface area contributed by atoms with E-state index in [-0.39, 0.29) is 25.0 Å². The molecular formula is C11H17N3O4. The average Bonchev–Trinajstić information content (AvgIpc) is 3.02. The number of aromatic nitrogens is 3. The zero-order valence-electron chi connectivity index (χ0n) is 10.3. The molecular weight excluding hydrogens is 238 g/mol. The van der Waals surface area contributed by atoms with Crippen molar-refractivity contribution < 1.29 is 19.7 Å². The predicted molar refractivity (Wildman–Crippen MR) is 60.8 cm³/mol. The van der Waals surface area contributed by atoms with Crippen LogP contribution in [-0.2, 0) is 29.1 Å². The van der Waals surface area contributed by atoms with Crippen LogP contribution in [0.1, 0.15) is 24.2 Å². The van der Waals surface area contributed by atoms with Crippen LogP contribution in [0.15, 0.2) is 0 Å². The van der Waals surface area contributed by atoms with Crippen molar-refractivity contribution in [3.05, 3.63) is 11.4 Å². The first kappa shape index (κ1) is 13.0. The maximum absolute atomic E-state index is 10.7. The SMILES string of the molecule is COCc1c(CC(=O)O)nnn1CC1(CO)CC1. The van der Waals surface area contributed by atoms with Gasteiger partial charge in [0, 0.05) is 12.5 Å². The minimum absolute atomic E-state index is 0.101. The lowest BCUT2D eigenvalue weighted by atomic mass is 10.1. The summed E-state index contributed by atoms with van der Waals surface area (Å²) in [7, 11) is 1.54. The van der Waals surface area contributed by atoms with Gasteiger partial charge in [-0.1, -0.05) is 5.21 Å². The molecule has 1 aliphatic carbocycles. The molecule has 1 aromatic heterocycles. The zero-order chi connectivity index (χ0) is 13.2. The van der Waals surface area contributed by atoms with Gasteiger partial charge in [0.25, 0.3) is 0 Å². The first-order valence-electron chi connectivity index (χ1n) is 5.83. The number of hydrogen-bond donors (Lipinski definition) is 2. The van der Waals surface area contributed by atoms with E-state index in [4.69, 9.17) is 9.84 Å². The van der Waals surface area contributed by atoms with Crippen molar-refractivity contribution in [3.63, 3.8) is 0 Å². The lowest BCUT2D eigenvalue weighted by Gasteiger charge is -2.13. The van der Waals surface area contributed by atoms with Crippen molar-refractivity contribution in [1.29, 1.82) is 0 Å². The van der Waals surface area contributed by atoms with Crippen molar-refractivity contribution in [1.82, 2.24) is 15.0 Å². The van der Waals surface area contributed by atoms with Crippen LogP contribution in [0, 0.1) is 5.41 Å². The van der Waals surface area contributed by atoms with Crippen LogP contribution in [0.5, 0.6) is 0 Å². The first-order valence-corrected chi connectivity index (χ1v) is 5.83. The molecule has 1 heterocycles. The third-order valence-electron chi connectivity index (χ3n) is 3.30. The first-order chi connectivity index (χ1) is 8.60. The van der Waals surface area contributed by atoms with Gasteiger partial charge >= 0.3 is 5.97 Å². The Labute approximate surface area is 104 Å². The van der Waals surface area contributed by atoms with E-state index in [1.807, 2.05) is 0 Å². The summed E-state index contributed by atoms with van der Waals surface area (Å²) < 4.78 is 6.72. The maximum Gasteiger partial charge on any atom is 0.309 e. The number of aliphatic hydroxyl groups is 1. The fourth-order valence-corrected chi connectivity index (χ4v) is 1.93. The monoisotopic (exact) mass is 255 g/mol. The lowest BCUT2D eigenvalue weighted by Crippen LogP contribution is -2.19.